The lowest BCUT2D eigenvalue weighted by molar-refractivity contribution is -0.135. The molecular formula is C19H28N4OS3. The minimum absolute atomic E-state index is 0.256. The number of piperazine rings is 1. The summed E-state index contributed by atoms with van der Waals surface area (Å²) in [7, 11) is 0. The maximum Gasteiger partial charge on any atom is 0.233 e. The third kappa shape index (κ3) is 3.67. The Balaban J connectivity index is 1.14. The van der Waals surface area contributed by atoms with E-state index < -0.39 is 0 Å². The Labute approximate surface area is 174 Å². The normalized spacial score (nSPS) is 35.7. The quantitative estimate of drug-likeness (QED) is 0.675. The van der Waals surface area contributed by atoms with E-state index in [0.717, 1.165) is 53.4 Å². The molecule has 1 saturated heterocycles. The van der Waals surface area contributed by atoms with Gasteiger partial charge in [-0.3, -0.25) is 9.69 Å². The second-order valence-corrected chi connectivity index (χ2v) is 11.6. The molecule has 4 saturated carbocycles. The Morgan fingerprint density at radius 3 is 2.30 bits per heavy atom. The van der Waals surface area contributed by atoms with Crippen LogP contribution >= 0.6 is 35.1 Å². The molecule has 5 fully saturated rings. The first-order chi connectivity index (χ1) is 13.1. The molecule has 0 aromatic carbocycles. The summed E-state index contributed by atoms with van der Waals surface area (Å²) in [5, 5.41) is 0.805. The van der Waals surface area contributed by atoms with Crippen molar-refractivity contribution in [3.05, 3.63) is 0 Å². The maximum atomic E-state index is 12.6. The van der Waals surface area contributed by atoms with Crippen molar-refractivity contribution in [2.24, 2.45) is 17.8 Å². The number of nitrogens with zero attached hydrogens (tertiary/aromatic N) is 4. The summed E-state index contributed by atoms with van der Waals surface area (Å²) in [5.74, 6) is 3.72. The lowest BCUT2D eigenvalue weighted by atomic mass is 9.52. The van der Waals surface area contributed by atoms with Crippen LogP contribution in [0.5, 0.6) is 0 Å². The van der Waals surface area contributed by atoms with Crippen LogP contribution in [0.2, 0.25) is 0 Å². The molecule has 0 N–H and O–H groups in total. The first-order valence-electron chi connectivity index (χ1n) is 10.2. The molecule has 1 aromatic rings. The smallest absolute Gasteiger partial charge is 0.233 e. The van der Waals surface area contributed by atoms with E-state index in [1.165, 1.54) is 61.8 Å². The van der Waals surface area contributed by atoms with Crippen LogP contribution in [-0.4, -0.2) is 68.8 Å². The lowest BCUT2D eigenvalue weighted by Crippen LogP contribution is -2.64. The average Bonchev–Trinajstić information content (AvgIpc) is 3.13. The van der Waals surface area contributed by atoms with Gasteiger partial charge in [0.2, 0.25) is 11.1 Å². The SMILES string of the molecule is CSc1nsc(SCC(=O)N2CCN(C34CC5CC(CC(C5)C3)C4)CC2)n1. The van der Waals surface area contributed by atoms with Gasteiger partial charge in [0, 0.05) is 31.7 Å². The van der Waals surface area contributed by atoms with Gasteiger partial charge in [0.1, 0.15) is 0 Å². The predicted octanol–water partition coefficient (Wildman–Crippen LogP) is 3.47. The van der Waals surface area contributed by atoms with Crippen molar-refractivity contribution < 1.29 is 4.79 Å². The Morgan fingerprint density at radius 1 is 1.11 bits per heavy atom. The number of hydrogen-bond acceptors (Lipinski definition) is 7. The van der Waals surface area contributed by atoms with E-state index in [0.29, 0.717) is 11.3 Å². The molecule has 8 heteroatoms. The topological polar surface area (TPSA) is 49.3 Å². The Bertz CT molecular complexity index is 666. The summed E-state index contributed by atoms with van der Waals surface area (Å²) in [4.78, 5) is 21.9. The van der Waals surface area contributed by atoms with Gasteiger partial charge in [-0.05, 0) is 74.1 Å². The molecule has 1 aromatic heterocycles. The zero-order valence-corrected chi connectivity index (χ0v) is 18.4. The van der Waals surface area contributed by atoms with Gasteiger partial charge in [-0.1, -0.05) is 23.5 Å². The fourth-order valence-corrected chi connectivity index (χ4v) is 8.55. The average molecular weight is 425 g/mol. The minimum atomic E-state index is 0.256. The molecule has 1 aliphatic heterocycles. The maximum absolute atomic E-state index is 12.6. The third-order valence-corrected chi connectivity index (χ3v) is 9.68. The van der Waals surface area contributed by atoms with Crippen LogP contribution in [-0.2, 0) is 4.79 Å². The molecule has 1 amide bonds. The van der Waals surface area contributed by atoms with Gasteiger partial charge < -0.3 is 4.90 Å². The number of carbonyl (C=O) groups is 1. The lowest BCUT2D eigenvalue weighted by Gasteiger charge is -2.61. The van der Waals surface area contributed by atoms with Crippen LogP contribution in [0.3, 0.4) is 0 Å². The van der Waals surface area contributed by atoms with Crippen LogP contribution in [0.25, 0.3) is 0 Å². The van der Waals surface area contributed by atoms with E-state index >= 15 is 0 Å². The molecule has 27 heavy (non-hydrogen) atoms. The number of rotatable bonds is 5. The van der Waals surface area contributed by atoms with Gasteiger partial charge in [-0.25, -0.2) is 4.98 Å². The van der Waals surface area contributed by atoms with E-state index in [9.17, 15) is 4.79 Å². The monoisotopic (exact) mass is 424 g/mol. The van der Waals surface area contributed by atoms with Crippen molar-refractivity contribution in [2.45, 2.75) is 53.6 Å². The van der Waals surface area contributed by atoms with E-state index in [-0.39, 0.29) is 5.91 Å². The first kappa shape index (κ1) is 18.7. The van der Waals surface area contributed by atoms with Gasteiger partial charge in [-0.2, -0.15) is 4.37 Å². The Hall–Kier alpha value is -0.310. The van der Waals surface area contributed by atoms with Crippen molar-refractivity contribution >= 4 is 41.0 Å². The molecule has 0 spiro atoms. The third-order valence-electron chi connectivity index (χ3n) is 7.20. The van der Waals surface area contributed by atoms with Crippen molar-refractivity contribution in [1.82, 2.24) is 19.2 Å². The van der Waals surface area contributed by atoms with E-state index in [1.54, 1.807) is 11.8 Å². The number of carbonyl (C=O) groups excluding carboxylic acids is 1. The van der Waals surface area contributed by atoms with Crippen LogP contribution < -0.4 is 0 Å². The molecule has 4 aliphatic carbocycles. The van der Waals surface area contributed by atoms with Crippen molar-refractivity contribution in [3.63, 3.8) is 0 Å². The number of amides is 1. The van der Waals surface area contributed by atoms with Crippen molar-refractivity contribution in [3.8, 4) is 0 Å². The molecule has 0 atom stereocenters. The fourth-order valence-electron chi connectivity index (χ4n) is 6.44. The summed E-state index contributed by atoms with van der Waals surface area (Å²) in [6, 6.07) is 0. The highest BCUT2D eigenvalue weighted by Gasteiger charge is 2.53. The summed E-state index contributed by atoms with van der Waals surface area (Å²) >= 11 is 4.48. The van der Waals surface area contributed by atoms with Crippen LogP contribution in [0.4, 0.5) is 0 Å². The zero-order valence-electron chi connectivity index (χ0n) is 15.9. The standard InChI is InChI=1S/C19H28N4OS3/c1-25-17-20-18(27-21-17)26-12-16(24)22-2-4-23(5-3-22)19-9-13-6-14(10-19)8-15(7-13)11-19/h13-15H,2-12H2,1H3. The molecule has 2 heterocycles. The Morgan fingerprint density at radius 2 is 1.74 bits per heavy atom. The summed E-state index contributed by atoms with van der Waals surface area (Å²) in [6.07, 6.45) is 10.8. The first-order valence-corrected chi connectivity index (χ1v) is 13.2. The molecular weight excluding hydrogens is 396 g/mol. The number of aromatic nitrogens is 2. The second kappa shape index (κ2) is 7.50. The number of hydrogen-bond donors (Lipinski definition) is 0. The summed E-state index contributed by atoms with van der Waals surface area (Å²) in [5.41, 5.74) is 0.486. The van der Waals surface area contributed by atoms with Gasteiger partial charge in [-0.15, -0.1) is 0 Å². The molecule has 4 bridgehead atoms. The highest BCUT2D eigenvalue weighted by molar-refractivity contribution is 8.01. The fraction of sp³-hybridized carbons (Fsp3) is 0.842. The largest absolute Gasteiger partial charge is 0.339 e. The predicted molar refractivity (Wildman–Crippen MR) is 111 cm³/mol. The van der Waals surface area contributed by atoms with Crippen LogP contribution in [0, 0.1) is 17.8 Å². The highest BCUT2D eigenvalue weighted by atomic mass is 32.2. The minimum Gasteiger partial charge on any atom is -0.339 e. The summed E-state index contributed by atoms with van der Waals surface area (Å²) in [6.45, 7) is 3.93. The second-order valence-electron chi connectivity index (χ2n) is 8.85. The molecule has 6 rings (SSSR count). The summed E-state index contributed by atoms with van der Waals surface area (Å²) < 4.78 is 5.17. The highest BCUT2D eigenvalue weighted by Crippen LogP contribution is 2.57. The van der Waals surface area contributed by atoms with E-state index in [1.807, 2.05) is 6.26 Å². The van der Waals surface area contributed by atoms with Gasteiger partial charge in [0.15, 0.2) is 4.34 Å². The molecule has 0 unspecified atom stereocenters. The molecule has 5 nitrogen and oxygen atoms in total. The van der Waals surface area contributed by atoms with Crippen LogP contribution in [0.1, 0.15) is 38.5 Å². The molecule has 148 valence electrons. The van der Waals surface area contributed by atoms with Gasteiger partial charge >= 0.3 is 0 Å². The van der Waals surface area contributed by atoms with Gasteiger partial charge in [0.05, 0.1) is 5.75 Å². The van der Waals surface area contributed by atoms with Gasteiger partial charge in [0.25, 0.3) is 0 Å². The zero-order chi connectivity index (χ0) is 18.4. The van der Waals surface area contributed by atoms with E-state index in [2.05, 4.69) is 19.2 Å². The molecule has 0 radical (unpaired) electrons. The van der Waals surface area contributed by atoms with E-state index in [4.69, 9.17) is 0 Å². The van der Waals surface area contributed by atoms with Crippen molar-refractivity contribution in [1.29, 1.82) is 0 Å². The molecule has 5 aliphatic rings. The van der Waals surface area contributed by atoms with Crippen LogP contribution in [0.15, 0.2) is 9.50 Å². The van der Waals surface area contributed by atoms with Crippen molar-refractivity contribution in [2.75, 3.05) is 38.2 Å². The number of thioether (sulfide) groups is 2. The Kier molecular flexibility index (Phi) is 5.20.